The van der Waals surface area contributed by atoms with Gasteiger partial charge in [0.15, 0.2) is 0 Å². The smallest absolute Gasteiger partial charge is 0.221 e. The molecule has 0 aromatic heterocycles. The van der Waals surface area contributed by atoms with Crippen LogP contribution in [0.3, 0.4) is 0 Å². The van der Waals surface area contributed by atoms with Crippen LogP contribution in [0.5, 0.6) is 0 Å². The molecule has 0 spiro atoms. The first-order chi connectivity index (χ1) is 7.00. The van der Waals surface area contributed by atoms with Gasteiger partial charge in [0.2, 0.25) is 5.91 Å². The van der Waals surface area contributed by atoms with E-state index in [1.807, 2.05) is 0 Å². The van der Waals surface area contributed by atoms with Crippen molar-refractivity contribution >= 4 is 22.4 Å². The van der Waals surface area contributed by atoms with Gasteiger partial charge in [-0.3, -0.25) is 9.00 Å². The maximum Gasteiger partial charge on any atom is 0.221 e. The average Bonchev–Trinajstić information content (AvgIpc) is 2.17. The standard InChI is InChI=1S/C10H14N2O2S/c1-7(10(12)13)6-15(14)9-4-2-3-8(11)5-9/h2-5,7H,6,11H2,1H3,(H2,12,13). The summed E-state index contributed by atoms with van der Waals surface area (Å²) in [6, 6.07) is 6.82. The summed E-state index contributed by atoms with van der Waals surface area (Å²) in [5.41, 5.74) is 11.2. The molecule has 4 N–H and O–H groups in total. The molecule has 82 valence electrons. The maximum atomic E-state index is 11.8. The predicted molar refractivity (Wildman–Crippen MR) is 60.5 cm³/mol. The van der Waals surface area contributed by atoms with Crippen LogP contribution in [0.4, 0.5) is 5.69 Å². The minimum Gasteiger partial charge on any atom is -0.399 e. The van der Waals surface area contributed by atoms with Gasteiger partial charge in [-0.2, -0.15) is 0 Å². The molecule has 0 aliphatic carbocycles. The highest BCUT2D eigenvalue weighted by Crippen LogP contribution is 2.13. The molecule has 0 aliphatic heterocycles. The largest absolute Gasteiger partial charge is 0.399 e. The second kappa shape index (κ2) is 4.93. The van der Waals surface area contributed by atoms with Gasteiger partial charge in [-0.25, -0.2) is 0 Å². The molecule has 0 bridgehead atoms. The Morgan fingerprint density at radius 3 is 2.73 bits per heavy atom. The lowest BCUT2D eigenvalue weighted by Gasteiger charge is -2.07. The Kier molecular flexibility index (Phi) is 3.85. The van der Waals surface area contributed by atoms with E-state index in [0.29, 0.717) is 10.6 Å². The Labute approximate surface area is 91.1 Å². The number of amides is 1. The minimum atomic E-state index is -1.23. The highest BCUT2D eigenvalue weighted by Gasteiger charge is 2.14. The third-order valence-electron chi connectivity index (χ3n) is 2.01. The lowest BCUT2D eigenvalue weighted by atomic mass is 10.2. The van der Waals surface area contributed by atoms with Crippen molar-refractivity contribution < 1.29 is 9.00 Å². The van der Waals surface area contributed by atoms with E-state index in [1.165, 1.54) is 0 Å². The number of hydrogen-bond donors (Lipinski definition) is 2. The molecule has 0 saturated carbocycles. The Hall–Kier alpha value is -1.36. The second-order valence-corrected chi connectivity index (χ2v) is 4.88. The van der Waals surface area contributed by atoms with Crippen LogP contribution in [0.15, 0.2) is 29.2 Å². The zero-order chi connectivity index (χ0) is 11.4. The Balaban J connectivity index is 2.73. The quantitative estimate of drug-likeness (QED) is 0.733. The number of anilines is 1. The first-order valence-corrected chi connectivity index (χ1v) is 5.86. The summed E-state index contributed by atoms with van der Waals surface area (Å²) in [6.45, 7) is 1.66. The van der Waals surface area contributed by atoms with E-state index in [4.69, 9.17) is 11.5 Å². The van der Waals surface area contributed by atoms with Crippen LogP contribution in [0.25, 0.3) is 0 Å². The van der Waals surface area contributed by atoms with Gasteiger partial charge in [0.1, 0.15) is 0 Å². The molecule has 2 atom stereocenters. The summed E-state index contributed by atoms with van der Waals surface area (Å²) in [6.07, 6.45) is 0. The minimum absolute atomic E-state index is 0.235. The molecule has 0 heterocycles. The molecular formula is C10H14N2O2S. The lowest BCUT2D eigenvalue weighted by Crippen LogP contribution is -2.25. The predicted octanol–water partition coefficient (Wildman–Crippen LogP) is 0.498. The van der Waals surface area contributed by atoms with Gasteiger partial charge in [0.25, 0.3) is 0 Å². The van der Waals surface area contributed by atoms with Crippen LogP contribution >= 0.6 is 0 Å². The molecule has 2 unspecified atom stereocenters. The van der Waals surface area contributed by atoms with Crippen molar-refractivity contribution in [1.29, 1.82) is 0 Å². The van der Waals surface area contributed by atoms with Crippen LogP contribution in [0.2, 0.25) is 0 Å². The highest BCUT2D eigenvalue weighted by atomic mass is 32.2. The summed E-state index contributed by atoms with van der Waals surface area (Å²) >= 11 is 0. The normalized spacial score (nSPS) is 14.5. The molecule has 0 fully saturated rings. The highest BCUT2D eigenvalue weighted by molar-refractivity contribution is 7.85. The molecule has 4 nitrogen and oxygen atoms in total. The van der Waals surface area contributed by atoms with E-state index in [2.05, 4.69) is 0 Å². The number of carbonyl (C=O) groups is 1. The summed E-state index contributed by atoms with van der Waals surface area (Å²) in [5, 5.41) is 0. The first-order valence-electron chi connectivity index (χ1n) is 4.54. The number of primary amides is 1. The maximum absolute atomic E-state index is 11.8. The zero-order valence-electron chi connectivity index (χ0n) is 8.47. The van der Waals surface area contributed by atoms with Crippen molar-refractivity contribution in [3.05, 3.63) is 24.3 Å². The number of benzene rings is 1. The van der Waals surface area contributed by atoms with E-state index < -0.39 is 22.6 Å². The molecule has 1 aromatic carbocycles. The Morgan fingerprint density at radius 2 is 2.20 bits per heavy atom. The van der Waals surface area contributed by atoms with E-state index in [9.17, 15) is 9.00 Å². The van der Waals surface area contributed by atoms with Crippen molar-refractivity contribution in [2.45, 2.75) is 11.8 Å². The van der Waals surface area contributed by atoms with Crippen LogP contribution in [-0.4, -0.2) is 15.9 Å². The van der Waals surface area contributed by atoms with Crippen molar-refractivity contribution in [1.82, 2.24) is 0 Å². The first kappa shape index (κ1) is 11.7. The van der Waals surface area contributed by atoms with Gasteiger partial charge in [-0.1, -0.05) is 13.0 Å². The fraction of sp³-hybridized carbons (Fsp3) is 0.300. The van der Waals surface area contributed by atoms with Gasteiger partial charge in [-0.05, 0) is 18.2 Å². The Bertz CT molecular complexity index is 393. The topological polar surface area (TPSA) is 86.2 Å². The number of carbonyl (C=O) groups excluding carboxylic acids is 1. The van der Waals surface area contributed by atoms with E-state index in [-0.39, 0.29) is 5.75 Å². The van der Waals surface area contributed by atoms with Gasteiger partial charge in [0.05, 0.1) is 10.8 Å². The summed E-state index contributed by atoms with van der Waals surface area (Å²) in [4.78, 5) is 11.4. The number of nitrogen functional groups attached to an aromatic ring is 1. The van der Waals surface area contributed by atoms with Crippen molar-refractivity contribution in [2.24, 2.45) is 11.7 Å². The molecule has 0 radical (unpaired) electrons. The van der Waals surface area contributed by atoms with Gasteiger partial charge in [0, 0.05) is 22.3 Å². The average molecular weight is 226 g/mol. The fourth-order valence-electron chi connectivity index (χ4n) is 1.06. The number of hydrogen-bond acceptors (Lipinski definition) is 3. The molecule has 5 heteroatoms. The van der Waals surface area contributed by atoms with Crippen molar-refractivity contribution in [3.8, 4) is 0 Å². The Morgan fingerprint density at radius 1 is 1.53 bits per heavy atom. The number of nitrogens with two attached hydrogens (primary N) is 2. The lowest BCUT2D eigenvalue weighted by molar-refractivity contribution is -0.120. The molecule has 0 aliphatic rings. The van der Waals surface area contributed by atoms with Gasteiger partial charge < -0.3 is 11.5 Å². The summed E-state index contributed by atoms with van der Waals surface area (Å²) < 4.78 is 11.8. The third kappa shape index (κ3) is 3.36. The van der Waals surface area contributed by atoms with Gasteiger partial charge in [-0.15, -0.1) is 0 Å². The molecule has 0 saturated heterocycles. The molecule has 15 heavy (non-hydrogen) atoms. The van der Waals surface area contributed by atoms with E-state index in [0.717, 1.165) is 0 Å². The molecular weight excluding hydrogens is 212 g/mol. The van der Waals surface area contributed by atoms with Crippen molar-refractivity contribution in [2.75, 3.05) is 11.5 Å². The molecule has 1 rings (SSSR count). The van der Waals surface area contributed by atoms with Crippen molar-refractivity contribution in [3.63, 3.8) is 0 Å². The SMILES string of the molecule is CC(CS(=O)c1cccc(N)c1)C(N)=O. The number of rotatable bonds is 4. The monoisotopic (exact) mass is 226 g/mol. The summed E-state index contributed by atoms with van der Waals surface area (Å²) in [5.74, 6) is -0.599. The third-order valence-corrected chi connectivity index (χ3v) is 3.59. The van der Waals surface area contributed by atoms with Crippen LogP contribution in [0.1, 0.15) is 6.92 Å². The van der Waals surface area contributed by atoms with E-state index >= 15 is 0 Å². The van der Waals surface area contributed by atoms with Crippen LogP contribution in [0, 0.1) is 5.92 Å². The fourth-order valence-corrected chi connectivity index (χ4v) is 2.37. The molecule has 1 aromatic rings. The second-order valence-electron chi connectivity index (χ2n) is 3.39. The van der Waals surface area contributed by atoms with Crippen LogP contribution in [-0.2, 0) is 15.6 Å². The summed E-state index contributed by atoms with van der Waals surface area (Å²) in [7, 11) is -1.23. The van der Waals surface area contributed by atoms with E-state index in [1.54, 1.807) is 31.2 Å². The zero-order valence-corrected chi connectivity index (χ0v) is 9.29. The van der Waals surface area contributed by atoms with Gasteiger partial charge >= 0.3 is 0 Å². The molecule has 1 amide bonds. The van der Waals surface area contributed by atoms with Crippen LogP contribution < -0.4 is 11.5 Å².